The molecule has 2 heterocycles. The largest absolute Gasteiger partial charge is 0.335 e. The van der Waals surface area contributed by atoms with Crippen molar-refractivity contribution in [3.05, 3.63) is 65.5 Å². The number of hydrogen-bond donors (Lipinski definition) is 0. The molecule has 1 unspecified atom stereocenters. The molecule has 1 aliphatic rings. The van der Waals surface area contributed by atoms with Crippen molar-refractivity contribution in [3.8, 4) is 0 Å². The molecule has 1 aliphatic heterocycles. The van der Waals surface area contributed by atoms with Crippen molar-refractivity contribution in [3.63, 3.8) is 0 Å². The number of benzene rings is 1. The van der Waals surface area contributed by atoms with E-state index < -0.39 is 0 Å². The summed E-state index contributed by atoms with van der Waals surface area (Å²) in [5.74, 6) is 0.209. The van der Waals surface area contributed by atoms with Gasteiger partial charge < -0.3 is 9.80 Å². The first-order valence-electron chi connectivity index (χ1n) is 9.63. The molecule has 1 amide bonds. The van der Waals surface area contributed by atoms with Crippen molar-refractivity contribution in [1.29, 1.82) is 0 Å². The van der Waals surface area contributed by atoms with Gasteiger partial charge in [0.1, 0.15) is 0 Å². The molecule has 1 fully saturated rings. The Morgan fingerprint density at radius 2 is 1.89 bits per heavy atom. The van der Waals surface area contributed by atoms with E-state index in [9.17, 15) is 4.79 Å². The van der Waals surface area contributed by atoms with Gasteiger partial charge in [0.05, 0.1) is 12.6 Å². The maximum absolute atomic E-state index is 12.9. The lowest BCUT2D eigenvalue weighted by atomic mass is 10.0. The predicted octanol–water partition coefficient (Wildman–Crippen LogP) is 2.94. The summed E-state index contributed by atoms with van der Waals surface area (Å²) >= 11 is 0. The number of nitrogens with zero attached hydrogens (tertiary/aromatic N) is 4. The minimum absolute atomic E-state index is 0.206. The molecule has 0 radical (unpaired) electrons. The number of likely N-dealkylation sites (tertiary alicyclic amines) is 1. The van der Waals surface area contributed by atoms with E-state index in [1.54, 1.807) is 6.20 Å². The second-order valence-electron chi connectivity index (χ2n) is 7.76. The maximum Gasteiger partial charge on any atom is 0.237 e. The van der Waals surface area contributed by atoms with E-state index in [2.05, 4.69) is 58.0 Å². The Labute approximate surface area is 162 Å². The van der Waals surface area contributed by atoms with Crippen molar-refractivity contribution >= 4 is 5.91 Å². The van der Waals surface area contributed by atoms with Gasteiger partial charge in [-0.05, 0) is 56.7 Å². The van der Waals surface area contributed by atoms with Crippen LogP contribution in [0.25, 0.3) is 0 Å². The molecule has 2 aromatic rings. The zero-order valence-electron chi connectivity index (χ0n) is 16.6. The van der Waals surface area contributed by atoms with Crippen LogP contribution in [-0.2, 0) is 17.9 Å². The number of carbonyl (C=O) groups is 1. The van der Waals surface area contributed by atoms with Crippen LogP contribution in [0.15, 0.2) is 48.8 Å². The summed E-state index contributed by atoms with van der Waals surface area (Å²) in [7, 11) is 6.15. The van der Waals surface area contributed by atoms with Gasteiger partial charge in [-0.1, -0.05) is 30.3 Å². The number of rotatable bonds is 7. The Hall–Kier alpha value is -2.24. The molecule has 0 aliphatic carbocycles. The van der Waals surface area contributed by atoms with Crippen LogP contribution in [0.2, 0.25) is 0 Å². The van der Waals surface area contributed by atoms with E-state index >= 15 is 0 Å². The Kier molecular flexibility index (Phi) is 6.58. The minimum Gasteiger partial charge on any atom is -0.335 e. The highest BCUT2D eigenvalue weighted by Crippen LogP contribution is 2.32. The maximum atomic E-state index is 12.9. The van der Waals surface area contributed by atoms with Crippen molar-refractivity contribution in [2.24, 2.45) is 0 Å². The molecule has 1 atom stereocenters. The zero-order valence-corrected chi connectivity index (χ0v) is 16.6. The molecule has 5 nitrogen and oxygen atoms in total. The van der Waals surface area contributed by atoms with Gasteiger partial charge in [-0.15, -0.1) is 0 Å². The first-order chi connectivity index (χ1) is 13.0. The van der Waals surface area contributed by atoms with Gasteiger partial charge >= 0.3 is 0 Å². The summed E-state index contributed by atoms with van der Waals surface area (Å²) in [5, 5.41) is 0. The van der Waals surface area contributed by atoms with Gasteiger partial charge in [0, 0.05) is 32.0 Å². The van der Waals surface area contributed by atoms with E-state index in [0.29, 0.717) is 6.54 Å². The number of carbonyl (C=O) groups excluding carboxylic acids is 1. The highest BCUT2D eigenvalue weighted by Gasteiger charge is 2.30. The zero-order chi connectivity index (χ0) is 19.2. The van der Waals surface area contributed by atoms with Crippen LogP contribution in [0.4, 0.5) is 0 Å². The molecule has 1 aromatic carbocycles. The molecule has 3 rings (SSSR count). The lowest BCUT2D eigenvalue weighted by Crippen LogP contribution is -2.38. The van der Waals surface area contributed by atoms with Crippen LogP contribution in [0.1, 0.15) is 35.6 Å². The summed E-state index contributed by atoms with van der Waals surface area (Å²) in [5.41, 5.74) is 3.68. The predicted molar refractivity (Wildman–Crippen MR) is 108 cm³/mol. The van der Waals surface area contributed by atoms with E-state index in [0.717, 1.165) is 38.0 Å². The van der Waals surface area contributed by atoms with Crippen molar-refractivity contribution in [2.75, 3.05) is 34.2 Å². The Bertz CT molecular complexity index is 730. The number of amides is 1. The molecule has 0 spiro atoms. The van der Waals surface area contributed by atoms with E-state index in [1.165, 1.54) is 11.1 Å². The highest BCUT2D eigenvalue weighted by molar-refractivity contribution is 5.79. The molecule has 0 bridgehead atoms. The second kappa shape index (κ2) is 9.11. The van der Waals surface area contributed by atoms with Crippen molar-refractivity contribution < 1.29 is 4.79 Å². The van der Waals surface area contributed by atoms with Crippen LogP contribution in [0, 0.1) is 0 Å². The molecule has 0 saturated carbocycles. The summed E-state index contributed by atoms with van der Waals surface area (Å²) in [6.07, 6.45) is 5.75. The Morgan fingerprint density at radius 3 is 2.56 bits per heavy atom. The lowest BCUT2D eigenvalue weighted by Gasteiger charge is -2.27. The molecule has 5 heteroatoms. The van der Waals surface area contributed by atoms with E-state index in [4.69, 9.17) is 0 Å². The topological polar surface area (TPSA) is 39.7 Å². The lowest BCUT2D eigenvalue weighted by molar-refractivity contribution is -0.133. The molecule has 0 N–H and O–H groups in total. The van der Waals surface area contributed by atoms with Gasteiger partial charge in [0.15, 0.2) is 0 Å². The van der Waals surface area contributed by atoms with Crippen LogP contribution >= 0.6 is 0 Å². The molecule has 144 valence electrons. The highest BCUT2D eigenvalue weighted by atomic mass is 16.2. The summed E-state index contributed by atoms with van der Waals surface area (Å²) in [6.45, 7) is 2.96. The van der Waals surface area contributed by atoms with E-state index in [-0.39, 0.29) is 11.9 Å². The normalized spacial score (nSPS) is 17.1. The van der Waals surface area contributed by atoms with Gasteiger partial charge in [0.25, 0.3) is 0 Å². The third-order valence-corrected chi connectivity index (χ3v) is 5.02. The van der Waals surface area contributed by atoms with Crippen LogP contribution < -0.4 is 0 Å². The second-order valence-corrected chi connectivity index (χ2v) is 7.76. The van der Waals surface area contributed by atoms with Crippen LogP contribution in [0.3, 0.4) is 0 Å². The summed E-state index contributed by atoms with van der Waals surface area (Å²) in [4.78, 5) is 23.3. The fourth-order valence-corrected chi connectivity index (χ4v) is 3.80. The molecular formula is C22H30N4O. The van der Waals surface area contributed by atoms with Crippen LogP contribution in [-0.4, -0.2) is 59.8 Å². The van der Waals surface area contributed by atoms with Gasteiger partial charge in [-0.2, -0.15) is 0 Å². The molecular weight excluding hydrogens is 336 g/mol. The quantitative estimate of drug-likeness (QED) is 0.755. The number of aromatic nitrogens is 1. The smallest absolute Gasteiger partial charge is 0.237 e. The molecule has 1 aromatic heterocycles. The monoisotopic (exact) mass is 366 g/mol. The van der Waals surface area contributed by atoms with Crippen molar-refractivity contribution in [1.82, 2.24) is 19.7 Å². The van der Waals surface area contributed by atoms with Crippen molar-refractivity contribution in [2.45, 2.75) is 32.0 Å². The van der Waals surface area contributed by atoms with E-state index in [1.807, 2.05) is 25.4 Å². The number of hydrogen-bond acceptors (Lipinski definition) is 4. The summed E-state index contributed by atoms with van der Waals surface area (Å²) < 4.78 is 0. The standard InChI is InChI=1S/C22H30N4O/c1-24(2)15-18-8-10-20(11-9-18)21-7-5-13-26(21)22(27)17-25(3)16-19-6-4-12-23-14-19/h4,6,8-12,14,21H,5,7,13,15-17H2,1-3H3. The number of pyridine rings is 1. The summed E-state index contributed by atoms with van der Waals surface area (Å²) in [6, 6.07) is 12.9. The van der Waals surface area contributed by atoms with Gasteiger partial charge in [-0.25, -0.2) is 0 Å². The molecule has 1 saturated heterocycles. The Balaban J connectivity index is 1.60. The van der Waals surface area contributed by atoms with Gasteiger partial charge in [-0.3, -0.25) is 14.7 Å². The SMILES string of the molecule is CN(C)Cc1ccc(C2CCCN2C(=O)CN(C)Cc2cccnc2)cc1. The average molecular weight is 367 g/mol. The Morgan fingerprint density at radius 1 is 1.11 bits per heavy atom. The fraction of sp³-hybridized carbons (Fsp3) is 0.455. The minimum atomic E-state index is 0.206. The first kappa shape index (κ1) is 19.5. The average Bonchev–Trinajstić information content (AvgIpc) is 3.12. The van der Waals surface area contributed by atoms with Crippen LogP contribution in [0.5, 0.6) is 0 Å². The fourth-order valence-electron chi connectivity index (χ4n) is 3.80. The molecule has 27 heavy (non-hydrogen) atoms. The number of likely N-dealkylation sites (N-methyl/N-ethyl adjacent to an activating group) is 1. The third-order valence-electron chi connectivity index (χ3n) is 5.02. The van der Waals surface area contributed by atoms with Gasteiger partial charge in [0.2, 0.25) is 5.91 Å². The first-order valence-corrected chi connectivity index (χ1v) is 9.63. The third kappa shape index (κ3) is 5.37.